The first-order valence-corrected chi connectivity index (χ1v) is 8.38. The molecule has 1 heterocycles. The minimum absolute atomic E-state index is 0.577. The van der Waals surface area contributed by atoms with Crippen molar-refractivity contribution < 1.29 is 18.9 Å². The Morgan fingerprint density at radius 3 is 0.917 bits per heavy atom. The van der Waals surface area contributed by atoms with Gasteiger partial charge < -0.3 is 18.9 Å². The highest BCUT2D eigenvalue weighted by Gasteiger charge is 2.05. The van der Waals surface area contributed by atoms with Crippen LogP contribution in [0.5, 0.6) is 0 Å². The summed E-state index contributed by atoms with van der Waals surface area (Å²) >= 11 is 0. The maximum atomic E-state index is 5.74. The number of rotatable bonds is 0. The van der Waals surface area contributed by atoms with Gasteiger partial charge in [-0.15, -0.1) is 0 Å². The molecule has 0 N–H and O–H groups in total. The van der Waals surface area contributed by atoms with Crippen molar-refractivity contribution in [1.29, 1.82) is 0 Å². The van der Waals surface area contributed by atoms with Crippen LogP contribution in [0.4, 0.5) is 0 Å². The molecule has 0 bridgehead atoms. The van der Waals surface area contributed by atoms with E-state index in [9.17, 15) is 0 Å². The summed E-state index contributed by atoms with van der Waals surface area (Å²) in [6.07, 6.45) is 0. The lowest BCUT2D eigenvalue weighted by molar-refractivity contribution is 0.0224. The Balaban J connectivity index is 1.61. The highest BCUT2D eigenvalue weighted by atomic mass is 16.5. The van der Waals surface area contributed by atoms with Crippen molar-refractivity contribution in [2.24, 2.45) is 0 Å². The summed E-state index contributed by atoms with van der Waals surface area (Å²) < 4.78 is 23.0. The molecule has 4 heteroatoms. The van der Waals surface area contributed by atoms with Gasteiger partial charge in [-0.05, 0) is 22.3 Å². The van der Waals surface area contributed by atoms with Gasteiger partial charge in [0.1, 0.15) is 0 Å². The molecule has 0 fully saturated rings. The summed E-state index contributed by atoms with van der Waals surface area (Å²) in [4.78, 5) is 0. The van der Waals surface area contributed by atoms with Gasteiger partial charge in [-0.25, -0.2) is 0 Å². The van der Waals surface area contributed by atoms with E-state index in [4.69, 9.17) is 18.9 Å². The van der Waals surface area contributed by atoms with Gasteiger partial charge in [-0.1, -0.05) is 48.5 Å². The Labute approximate surface area is 143 Å². The Hall–Kier alpha value is -1.72. The van der Waals surface area contributed by atoms with Gasteiger partial charge in [0.25, 0.3) is 0 Å². The van der Waals surface area contributed by atoms with Crippen LogP contribution in [0, 0.1) is 0 Å². The highest BCUT2D eigenvalue weighted by Crippen LogP contribution is 2.14. The third kappa shape index (κ3) is 5.14. The highest BCUT2D eigenvalue weighted by molar-refractivity contribution is 5.26. The van der Waals surface area contributed by atoms with E-state index in [-0.39, 0.29) is 0 Å². The second-order valence-corrected chi connectivity index (χ2v) is 5.75. The zero-order chi connectivity index (χ0) is 16.5. The molecule has 3 rings (SSSR count). The van der Waals surface area contributed by atoms with Crippen LogP contribution in [0.15, 0.2) is 48.5 Å². The van der Waals surface area contributed by atoms with E-state index in [0.717, 1.165) is 22.3 Å². The van der Waals surface area contributed by atoms with Crippen molar-refractivity contribution >= 4 is 0 Å². The molecule has 0 saturated carbocycles. The summed E-state index contributed by atoms with van der Waals surface area (Å²) in [6.45, 7) is 4.63. The monoisotopic (exact) mass is 328 g/mol. The molecule has 0 amide bonds. The normalized spacial score (nSPS) is 17.7. The largest absolute Gasteiger partial charge is 0.374 e. The predicted octanol–water partition coefficient (Wildman–Crippen LogP) is 3.47. The van der Waals surface area contributed by atoms with E-state index in [0.29, 0.717) is 52.9 Å². The fourth-order valence-electron chi connectivity index (χ4n) is 2.64. The molecule has 0 aromatic heterocycles. The van der Waals surface area contributed by atoms with Gasteiger partial charge >= 0.3 is 0 Å². The number of hydrogen-bond acceptors (Lipinski definition) is 4. The molecule has 2 aromatic carbocycles. The molecule has 1 aliphatic rings. The summed E-state index contributed by atoms with van der Waals surface area (Å²) in [7, 11) is 0. The van der Waals surface area contributed by atoms with E-state index in [1.54, 1.807) is 0 Å². The molecule has 0 radical (unpaired) electrons. The van der Waals surface area contributed by atoms with E-state index in [2.05, 4.69) is 24.3 Å². The number of fused-ring (bicyclic) bond motifs is 2. The predicted molar refractivity (Wildman–Crippen MR) is 91.5 cm³/mol. The van der Waals surface area contributed by atoms with E-state index >= 15 is 0 Å². The second kappa shape index (κ2) is 9.55. The van der Waals surface area contributed by atoms with Gasteiger partial charge in [0.15, 0.2) is 0 Å². The average Bonchev–Trinajstić information content (AvgIpc) is 2.62. The first-order valence-electron chi connectivity index (χ1n) is 8.38. The molecule has 128 valence electrons. The van der Waals surface area contributed by atoms with Gasteiger partial charge in [0.2, 0.25) is 0 Å². The van der Waals surface area contributed by atoms with E-state index in [1.807, 2.05) is 24.3 Å². The third-order valence-electron chi connectivity index (χ3n) is 4.01. The van der Waals surface area contributed by atoms with Crippen LogP contribution < -0.4 is 0 Å². The van der Waals surface area contributed by atoms with E-state index < -0.39 is 0 Å². The Kier molecular flexibility index (Phi) is 6.81. The summed E-state index contributed by atoms with van der Waals surface area (Å²) in [5.41, 5.74) is 4.65. The summed E-state index contributed by atoms with van der Waals surface area (Å²) in [6, 6.07) is 16.4. The summed E-state index contributed by atoms with van der Waals surface area (Å²) in [5.74, 6) is 0. The number of hydrogen-bond donors (Lipinski definition) is 0. The maximum Gasteiger partial charge on any atom is 0.0721 e. The van der Waals surface area contributed by atoms with Gasteiger partial charge in [-0.2, -0.15) is 0 Å². The van der Waals surface area contributed by atoms with Crippen molar-refractivity contribution in [3.05, 3.63) is 70.8 Å². The van der Waals surface area contributed by atoms with Crippen LogP contribution >= 0.6 is 0 Å². The average molecular weight is 328 g/mol. The van der Waals surface area contributed by atoms with Gasteiger partial charge in [0, 0.05) is 0 Å². The Morgan fingerprint density at radius 1 is 0.417 bits per heavy atom. The quantitative estimate of drug-likeness (QED) is 0.742. The standard InChI is InChI=1S/C20H24O4/c1-2-6-18-14-22-11-12-24-16-20-8-4-3-7-19(20)15-23-10-9-21-13-17(18)5-1/h1-8H,9-16H2. The third-order valence-corrected chi connectivity index (χ3v) is 4.01. The molecule has 2 aromatic rings. The molecule has 0 unspecified atom stereocenters. The maximum absolute atomic E-state index is 5.74. The minimum atomic E-state index is 0.577. The van der Waals surface area contributed by atoms with Gasteiger partial charge in [0.05, 0.1) is 52.9 Å². The molecular weight excluding hydrogens is 304 g/mol. The molecule has 0 aliphatic carbocycles. The van der Waals surface area contributed by atoms with Crippen molar-refractivity contribution in [2.45, 2.75) is 26.4 Å². The molecule has 0 saturated heterocycles. The van der Waals surface area contributed by atoms with Gasteiger partial charge in [-0.3, -0.25) is 0 Å². The molecular formula is C20H24O4. The van der Waals surface area contributed by atoms with Crippen molar-refractivity contribution in [3.63, 3.8) is 0 Å². The van der Waals surface area contributed by atoms with Crippen molar-refractivity contribution in [3.8, 4) is 0 Å². The van der Waals surface area contributed by atoms with Crippen LogP contribution in [0.1, 0.15) is 22.3 Å². The fraction of sp³-hybridized carbons (Fsp3) is 0.400. The smallest absolute Gasteiger partial charge is 0.0721 e. The SMILES string of the molecule is c1ccc2c(c1)COCCOCc1ccccc1COCCOC2. The Morgan fingerprint density at radius 2 is 0.667 bits per heavy atom. The zero-order valence-electron chi connectivity index (χ0n) is 13.9. The molecule has 0 atom stereocenters. The lowest BCUT2D eigenvalue weighted by Gasteiger charge is -2.14. The van der Waals surface area contributed by atoms with Crippen LogP contribution in [0.2, 0.25) is 0 Å². The van der Waals surface area contributed by atoms with Crippen LogP contribution in [-0.2, 0) is 45.4 Å². The van der Waals surface area contributed by atoms with Crippen LogP contribution in [0.3, 0.4) is 0 Å². The topological polar surface area (TPSA) is 36.9 Å². The van der Waals surface area contributed by atoms with Crippen LogP contribution in [0.25, 0.3) is 0 Å². The van der Waals surface area contributed by atoms with Crippen LogP contribution in [-0.4, -0.2) is 26.4 Å². The fourth-order valence-corrected chi connectivity index (χ4v) is 2.64. The number of benzene rings is 2. The minimum Gasteiger partial charge on any atom is -0.374 e. The molecule has 4 nitrogen and oxygen atoms in total. The second-order valence-electron chi connectivity index (χ2n) is 5.75. The first kappa shape index (κ1) is 17.1. The Bertz CT molecular complexity index is 517. The number of ether oxygens (including phenoxy) is 4. The molecule has 1 aliphatic heterocycles. The summed E-state index contributed by atoms with van der Waals surface area (Å²) in [5, 5.41) is 0. The first-order chi connectivity index (χ1) is 11.9. The molecule has 0 spiro atoms. The van der Waals surface area contributed by atoms with Crippen molar-refractivity contribution in [2.75, 3.05) is 26.4 Å². The lowest BCUT2D eigenvalue weighted by Crippen LogP contribution is -2.10. The molecule has 24 heavy (non-hydrogen) atoms. The van der Waals surface area contributed by atoms with Crippen molar-refractivity contribution in [1.82, 2.24) is 0 Å². The zero-order valence-corrected chi connectivity index (χ0v) is 13.9. The lowest BCUT2D eigenvalue weighted by atomic mass is 10.1. The van der Waals surface area contributed by atoms with E-state index in [1.165, 1.54) is 0 Å².